The number of nitrogens with zero attached hydrogens (tertiary/aromatic N) is 1. The second-order valence-electron chi connectivity index (χ2n) is 15.7. The van der Waals surface area contributed by atoms with Crippen molar-refractivity contribution in [1.82, 2.24) is 15.6 Å². The standard InChI is InChI=1S/C40H49N5O7/c1-24-11-13-25(14-12-24)21-32(38(2,3)4)43-33(46)31-22-27-17-20-29(23-30(27)42-31)50-34(47)26-15-18-28(19-16-26)41-35(44-36(48)51-39(5,6)7)45-37(49)52-40(8,9)10/h11-20,22-23,32,42H,21H2,1-10H3,(H,43,46)(H2,41,44,45,48,49)/t32-/m0/s1. The zero-order valence-electron chi connectivity index (χ0n) is 31.5. The van der Waals surface area contributed by atoms with Gasteiger partial charge >= 0.3 is 18.2 Å². The minimum atomic E-state index is -0.926. The van der Waals surface area contributed by atoms with Crippen LogP contribution >= 0.6 is 0 Å². The van der Waals surface area contributed by atoms with E-state index in [4.69, 9.17) is 14.2 Å². The molecule has 0 radical (unpaired) electrons. The van der Waals surface area contributed by atoms with E-state index in [1.54, 1.807) is 77.9 Å². The SMILES string of the molecule is Cc1ccc(C[C@H](NC(=O)c2cc3ccc(OC(=O)c4ccc(N/C(=N\C(=O)OC(C)(C)C)NC(=O)OC(C)(C)C)cc4)cc3[nH]2)C(C)(C)C)cc1. The van der Waals surface area contributed by atoms with Gasteiger partial charge in [0.25, 0.3) is 5.91 Å². The minimum Gasteiger partial charge on any atom is -0.444 e. The van der Waals surface area contributed by atoms with E-state index in [0.717, 1.165) is 10.9 Å². The number of aliphatic imine (C=N–C) groups is 1. The van der Waals surface area contributed by atoms with Crippen LogP contribution in [-0.2, 0) is 15.9 Å². The van der Waals surface area contributed by atoms with E-state index in [2.05, 4.69) is 71.0 Å². The molecule has 52 heavy (non-hydrogen) atoms. The summed E-state index contributed by atoms with van der Waals surface area (Å²) < 4.78 is 16.2. The van der Waals surface area contributed by atoms with Crippen LogP contribution in [0, 0.1) is 12.3 Å². The summed E-state index contributed by atoms with van der Waals surface area (Å²) in [4.78, 5) is 58.2. The highest BCUT2D eigenvalue weighted by Gasteiger charge is 2.28. The van der Waals surface area contributed by atoms with Gasteiger partial charge in [0.15, 0.2) is 0 Å². The van der Waals surface area contributed by atoms with E-state index >= 15 is 0 Å². The molecule has 3 aromatic carbocycles. The molecule has 0 fully saturated rings. The van der Waals surface area contributed by atoms with Gasteiger partial charge in [-0.15, -0.1) is 4.99 Å². The average Bonchev–Trinajstić information content (AvgIpc) is 3.43. The molecule has 4 N–H and O–H groups in total. The van der Waals surface area contributed by atoms with Crippen LogP contribution in [0.2, 0.25) is 0 Å². The predicted octanol–water partition coefficient (Wildman–Crippen LogP) is 8.31. The summed E-state index contributed by atoms with van der Waals surface area (Å²) in [7, 11) is 0. The third-order valence-corrected chi connectivity index (χ3v) is 7.56. The lowest BCUT2D eigenvalue weighted by molar-refractivity contribution is 0.0561. The van der Waals surface area contributed by atoms with Crippen molar-refractivity contribution in [2.45, 2.75) is 92.9 Å². The van der Waals surface area contributed by atoms with Gasteiger partial charge in [-0.2, -0.15) is 0 Å². The molecule has 12 heteroatoms. The first-order valence-corrected chi connectivity index (χ1v) is 17.0. The van der Waals surface area contributed by atoms with Crippen LogP contribution in [0.1, 0.15) is 94.3 Å². The molecular weight excluding hydrogens is 662 g/mol. The van der Waals surface area contributed by atoms with Gasteiger partial charge in [0.05, 0.1) is 5.56 Å². The summed E-state index contributed by atoms with van der Waals surface area (Å²) in [5.41, 5.74) is 2.23. The van der Waals surface area contributed by atoms with Crippen molar-refractivity contribution in [1.29, 1.82) is 0 Å². The summed E-state index contributed by atoms with van der Waals surface area (Å²) in [6.07, 6.45) is -1.07. The van der Waals surface area contributed by atoms with Gasteiger partial charge in [-0.1, -0.05) is 50.6 Å². The van der Waals surface area contributed by atoms with Crippen molar-refractivity contribution >= 4 is 46.6 Å². The molecule has 0 saturated heterocycles. The van der Waals surface area contributed by atoms with Gasteiger partial charge in [-0.25, -0.2) is 14.4 Å². The second-order valence-corrected chi connectivity index (χ2v) is 15.7. The fourth-order valence-electron chi connectivity index (χ4n) is 4.92. The van der Waals surface area contributed by atoms with E-state index < -0.39 is 29.4 Å². The molecule has 276 valence electrons. The molecule has 3 amide bonds. The molecule has 1 atom stereocenters. The number of ether oxygens (including phenoxy) is 3. The molecular formula is C40H49N5O7. The zero-order chi connectivity index (χ0) is 38.4. The van der Waals surface area contributed by atoms with Crippen LogP contribution in [0.25, 0.3) is 10.9 Å². The smallest absolute Gasteiger partial charge is 0.437 e. The number of aromatic nitrogens is 1. The maximum atomic E-state index is 13.4. The second kappa shape index (κ2) is 15.7. The minimum absolute atomic E-state index is 0.114. The summed E-state index contributed by atoms with van der Waals surface area (Å²) in [6, 6.07) is 21.2. The summed E-state index contributed by atoms with van der Waals surface area (Å²) in [5, 5.41) is 9.25. The Morgan fingerprint density at radius 3 is 2.02 bits per heavy atom. The fraction of sp³-hybridized carbons (Fsp3) is 0.375. The number of hydrogen-bond donors (Lipinski definition) is 4. The number of amides is 3. The Morgan fingerprint density at radius 2 is 1.42 bits per heavy atom. The number of fused-ring (bicyclic) bond motifs is 1. The monoisotopic (exact) mass is 711 g/mol. The van der Waals surface area contributed by atoms with Crippen LogP contribution in [0.5, 0.6) is 5.75 Å². The number of benzene rings is 3. The number of anilines is 1. The Bertz CT molecular complexity index is 1940. The number of aryl methyl sites for hydroxylation is 1. The number of guanidine groups is 1. The van der Waals surface area contributed by atoms with E-state index in [9.17, 15) is 19.2 Å². The van der Waals surface area contributed by atoms with Crippen LogP contribution in [0.3, 0.4) is 0 Å². The highest BCUT2D eigenvalue weighted by molar-refractivity contribution is 6.06. The lowest BCUT2D eigenvalue weighted by atomic mass is 9.83. The van der Waals surface area contributed by atoms with Gasteiger partial charge in [-0.3, -0.25) is 10.1 Å². The molecule has 4 aromatic rings. The summed E-state index contributed by atoms with van der Waals surface area (Å²) in [6.45, 7) is 18.5. The molecule has 1 aromatic heterocycles. The van der Waals surface area contributed by atoms with Crippen molar-refractivity contribution in [2.75, 3.05) is 5.32 Å². The molecule has 0 spiro atoms. The lowest BCUT2D eigenvalue weighted by Crippen LogP contribution is -2.45. The highest BCUT2D eigenvalue weighted by Crippen LogP contribution is 2.26. The Hall–Kier alpha value is -5.65. The Morgan fingerprint density at radius 1 is 0.788 bits per heavy atom. The summed E-state index contributed by atoms with van der Waals surface area (Å²) in [5.74, 6) is -0.787. The Balaban J connectivity index is 1.43. The number of rotatable bonds is 7. The molecule has 0 aliphatic rings. The van der Waals surface area contributed by atoms with Crippen LogP contribution < -0.4 is 20.7 Å². The van der Waals surface area contributed by atoms with Crippen molar-refractivity contribution in [3.8, 4) is 5.75 Å². The molecule has 0 aliphatic carbocycles. The van der Waals surface area contributed by atoms with Crippen molar-refractivity contribution in [3.05, 3.63) is 95.2 Å². The van der Waals surface area contributed by atoms with Gasteiger partial charge in [0.2, 0.25) is 5.96 Å². The number of hydrogen-bond acceptors (Lipinski definition) is 7. The Labute approximate surface area is 304 Å². The Kier molecular flexibility index (Phi) is 11.8. The predicted molar refractivity (Wildman–Crippen MR) is 202 cm³/mol. The van der Waals surface area contributed by atoms with E-state index in [0.29, 0.717) is 23.3 Å². The normalized spacial score (nSPS) is 12.8. The van der Waals surface area contributed by atoms with Gasteiger partial charge in [0, 0.05) is 28.7 Å². The fourth-order valence-corrected chi connectivity index (χ4v) is 4.92. The molecule has 12 nitrogen and oxygen atoms in total. The van der Waals surface area contributed by atoms with Crippen molar-refractivity contribution in [3.63, 3.8) is 0 Å². The van der Waals surface area contributed by atoms with Gasteiger partial charge < -0.3 is 29.8 Å². The van der Waals surface area contributed by atoms with Crippen LogP contribution in [0.15, 0.2) is 77.8 Å². The lowest BCUT2D eigenvalue weighted by Gasteiger charge is -2.31. The van der Waals surface area contributed by atoms with E-state index in [-0.39, 0.29) is 34.6 Å². The molecule has 1 heterocycles. The third-order valence-electron chi connectivity index (χ3n) is 7.56. The van der Waals surface area contributed by atoms with Crippen molar-refractivity contribution < 1.29 is 33.4 Å². The first kappa shape index (κ1) is 39.1. The van der Waals surface area contributed by atoms with Crippen molar-refractivity contribution in [2.24, 2.45) is 10.4 Å². The molecule has 0 saturated carbocycles. The maximum Gasteiger partial charge on any atom is 0.437 e. The molecule has 0 bridgehead atoms. The van der Waals surface area contributed by atoms with E-state index in [1.807, 2.05) is 6.92 Å². The number of esters is 1. The van der Waals surface area contributed by atoms with Crippen LogP contribution in [-0.4, -0.2) is 52.3 Å². The quantitative estimate of drug-likeness (QED) is 0.0645. The van der Waals surface area contributed by atoms with E-state index in [1.165, 1.54) is 17.7 Å². The maximum absolute atomic E-state index is 13.4. The number of nitrogens with one attached hydrogen (secondary N) is 4. The number of carbonyl (C=O) groups is 4. The first-order chi connectivity index (χ1) is 24.1. The topological polar surface area (TPSA) is 160 Å². The molecule has 0 unspecified atom stereocenters. The molecule has 0 aliphatic heterocycles. The van der Waals surface area contributed by atoms with Gasteiger partial charge in [0.1, 0.15) is 22.6 Å². The van der Waals surface area contributed by atoms with Gasteiger partial charge in [-0.05, 0) is 108 Å². The number of aromatic amines is 1. The largest absolute Gasteiger partial charge is 0.444 e. The average molecular weight is 712 g/mol. The zero-order valence-corrected chi connectivity index (χ0v) is 31.5. The van der Waals surface area contributed by atoms with Crippen LogP contribution in [0.4, 0.5) is 15.3 Å². The number of carbonyl (C=O) groups excluding carboxylic acids is 4. The molecule has 4 rings (SSSR count). The third kappa shape index (κ3) is 12.0. The summed E-state index contributed by atoms with van der Waals surface area (Å²) >= 11 is 0. The number of H-pyrrole nitrogens is 1. The first-order valence-electron chi connectivity index (χ1n) is 17.0. The highest BCUT2D eigenvalue weighted by atomic mass is 16.6. The number of alkyl carbamates (subject to hydrolysis) is 1.